The summed E-state index contributed by atoms with van der Waals surface area (Å²) in [5, 5.41) is 7.90. The zero-order valence-electron chi connectivity index (χ0n) is 28.6. The summed E-state index contributed by atoms with van der Waals surface area (Å²) < 4.78 is 23.5. The van der Waals surface area contributed by atoms with E-state index in [0.717, 1.165) is 38.9 Å². The lowest BCUT2D eigenvalue weighted by molar-refractivity contribution is -0.145. The van der Waals surface area contributed by atoms with Gasteiger partial charge in [-0.05, 0) is 93.9 Å². The molecule has 3 atom stereocenters. The van der Waals surface area contributed by atoms with Crippen LogP contribution in [0.3, 0.4) is 0 Å². The molecule has 5 aromatic rings. The van der Waals surface area contributed by atoms with E-state index in [1.807, 2.05) is 91.0 Å². The summed E-state index contributed by atoms with van der Waals surface area (Å²) >= 11 is 18.2. The quantitative estimate of drug-likeness (QED) is 0.137. The molecule has 53 heavy (non-hydrogen) atoms. The first-order chi connectivity index (χ1) is 25.2. The molecular formula is C41H36Cl4N2O6. The zero-order valence-corrected chi connectivity index (χ0v) is 31.7. The molecular weight excluding hydrogens is 758 g/mol. The number of fused-ring (bicyclic) bond motifs is 2. The van der Waals surface area contributed by atoms with Gasteiger partial charge in [0.2, 0.25) is 5.91 Å². The van der Waals surface area contributed by atoms with Gasteiger partial charge in [0.05, 0.1) is 23.2 Å². The van der Waals surface area contributed by atoms with Gasteiger partial charge in [-0.15, -0.1) is 12.4 Å². The van der Waals surface area contributed by atoms with Gasteiger partial charge in [0, 0.05) is 18.0 Å². The largest absolute Gasteiger partial charge is 0.489 e. The molecule has 8 nitrogen and oxygen atoms in total. The van der Waals surface area contributed by atoms with Gasteiger partial charge in [0.1, 0.15) is 25.0 Å². The molecule has 0 radical (unpaired) electrons. The van der Waals surface area contributed by atoms with Crippen molar-refractivity contribution in [2.24, 2.45) is 0 Å². The van der Waals surface area contributed by atoms with Gasteiger partial charge in [-0.3, -0.25) is 4.79 Å². The van der Waals surface area contributed by atoms with E-state index in [-0.39, 0.29) is 30.8 Å². The Bertz CT molecular complexity index is 2080. The van der Waals surface area contributed by atoms with Gasteiger partial charge < -0.3 is 29.6 Å². The molecule has 12 heteroatoms. The number of ether oxygens (including phenoxy) is 4. The van der Waals surface area contributed by atoms with Crippen LogP contribution in [0.1, 0.15) is 33.9 Å². The normalized spacial score (nSPS) is 16.4. The number of halogens is 4. The summed E-state index contributed by atoms with van der Waals surface area (Å²) in [6.45, 7) is 1.15. The van der Waals surface area contributed by atoms with Crippen LogP contribution in [0.5, 0.6) is 17.2 Å². The molecule has 2 heterocycles. The maximum Gasteiger partial charge on any atom is 0.328 e. The standard InChI is InChI=1S/C41H35Cl3N2O6.ClH/c1-49-41(48)36(17-24-2-5-26(6-3-24)27-7-11-31(42)12-8-27)46-40(47)35-18-29-19-37-38(20-30(29)21-45-35)52-39(23-51-37)28-9-13-32(14-10-28)50-22-25-4-15-33(43)34(44)16-25;/h2-16,19-20,35-36,39,45H,17-18,21-23H2,1H3,(H,46,47);1H. The fraction of sp³-hybridized carbons (Fsp3) is 0.220. The minimum Gasteiger partial charge on any atom is -0.489 e. The second-order valence-electron chi connectivity index (χ2n) is 12.7. The first kappa shape index (κ1) is 38.3. The van der Waals surface area contributed by atoms with Crippen molar-refractivity contribution in [2.75, 3.05) is 13.7 Å². The molecule has 0 spiro atoms. The minimum absolute atomic E-state index is 0. The van der Waals surface area contributed by atoms with E-state index in [9.17, 15) is 9.59 Å². The maximum absolute atomic E-state index is 13.5. The molecule has 2 aliphatic rings. The van der Waals surface area contributed by atoms with Gasteiger partial charge in [-0.25, -0.2) is 4.79 Å². The molecule has 0 saturated carbocycles. The Morgan fingerprint density at radius 1 is 0.830 bits per heavy atom. The van der Waals surface area contributed by atoms with Gasteiger partial charge in [-0.2, -0.15) is 0 Å². The fourth-order valence-corrected chi connectivity index (χ4v) is 6.77. The van der Waals surface area contributed by atoms with Crippen molar-refractivity contribution in [1.82, 2.24) is 10.6 Å². The molecule has 5 aromatic carbocycles. The van der Waals surface area contributed by atoms with Crippen LogP contribution in [0.4, 0.5) is 0 Å². The first-order valence-electron chi connectivity index (χ1n) is 16.8. The summed E-state index contributed by atoms with van der Waals surface area (Å²) in [5.74, 6) is 1.20. The van der Waals surface area contributed by atoms with Crippen LogP contribution in [-0.2, 0) is 40.3 Å². The third-order valence-electron chi connectivity index (χ3n) is 9.22. The van der Waals surface area contributed by atoms with Crippen LogP contribution < -0.4 is 24.8 Å². The summed E-state index contributed by atoms with van der Waals surface area (Å²) in [7, 11) is 1.32. The molecule has 0 aromatic heterocycles. The topological polar surface area (TPSA) is 95.1 Å². The predicted octanol–water partition coefficient (Wildman–Crippen LogP) is 8.74. The Morgan fingerprint density at radius 2 is 1.51 bits per heavy atom. The summed E-state index contributed by atoms with van der Waals surface area (Å²) in [6, 6.07) is 31.1. The van der Waals surface area contributed by atoms with Crippen molar-refractivity contribution in [3.8, 4) is 28.4 Å². The third-order valence-corrected chi connectivity index (χ3v) is 10.2. The lowest BCUT2D eigenvalue weighted by atomic mass is 9.94. The highest BCUT2D eigenvalue weighted by Crippen LogP contribution is 2.40. The van der Waals surface area contributed by atoms with E-state index in [0.29, 0.717) is 58.5 Å². The number of benzene rings is 5. The van der Waals surface area contributed by atoms with Crippen LogP contribution >= 0.6 is 47.2 Å². The Balaban J connectivity index is 0.00000481. The summed E-state index contributed by atoms with van der Waals surface area (Å²) in [5.41, 5.74) is 6.82. The van der Waals surface area contributed by atoms with Gasteiger partial charge in [0.15, 0.2) is 17.6 Å². The highest BCUT2D eigenvalue weighted by molar-refractivity contribution is 6.42. The van der Waals surface area contributed by atoms with Crippen molar-refractivity contribution in [3.05, 3.63) is 146 Å². The first-order valence-corrected chi connectivity index (χ1v) is 17.9. The van der Waals surface area contributed by atoms with Crippen molar-refractivity contribution < 1.29 is 28.5 Å². The molecule has 2 N–H and O–H groups in total. The maximum atomic E-state index is 13.5. The minimum atomic E-state index is -0.845. The van der Waals surface area contributed by atoms with Crippen molar-refractivity contribution in [1.29, 1.82) is 0 Å². The van der Waals surface area contributed by atoms with Crippen molar-refractivity contribution in [3.63, 3.8) is 0 Å². The molecule has 7 rings (SSSR count). The average Bonchev–Trinajstić information content (AvgIpc) is 3.17. The zero-order chi connectivity index (χ0) is 36.2. The van der Waals surface area contributed by atoms with E-state index >= 15 is 0 Å². The third kappa shape index (κ3) is 9.21. The van der Waals surface area contributed by atoms with E-state index < -0.39 is 18.1 Å². The van der Waals surface area contributed by atoms with Crippen molar-refractivity contribution >= 4 is 59.1 Å². The monoisotopic (exact) mass is 792 g/mol. The molecule has 2 aliphatic heterocycles. The van der Waals surface area contributed by atoms with Crippen LogP contribution in [0.25, 0.3) is 11.1 Å². The van der Waals surface area contributed by atoms with E-state index in [2.05, 4.69) is 10.6 Å². The Morgan fingerprint density at radius 3 is 2.21 bits per heavy atom. The predicted molar refractivity (Wildman–Crippen MR) is 209 cm³/mol. The lowest BCUT2D eigenvalue weighted by Gasteiger charge is -2.31. The van der Waals surface area contributed by atoms with Gasteiger partial charge in [-0.1, -0.05) is 89.4 Å². The molecule has 0 aliphatic carbocycles. The molecule has 0 bridgehead atoms. The van der Waals surface area contributed by atoms with E-state index in [4.69, 9.17) is 53.8 Å². The summed E-state index contributed by atoms with van der Waals surface area (Å²) in [6.07, 6.45) is 0.416. The number of esters is 1. The number of carbonyl (C=O) groups excluding carboxylic acids is 2. The molecule has 0 saturated heterocycles. The molecule has 3 unspecified atom stereocenters. The number of methoxy groups -OCH3 is 1. The van der Waals surface area contributed by atoms with E-state index in [1.54, 1.807) is 12.1 Å². The summed E-state index contributed by atoms with van der Waals surface area (Å²) in [4.78, 5) is 26.2. The Labute approximate surface area is 329 Å². The van der Waals surface area contributed by atoms with E-state index in [1.165, 1.54) is 7.11 Å². The SMILES string of the molecule is COC(=O)C(Cc1ccc(-c2ccc(Cl)cc2)cc1)NC(=O)C1Cc2cc3c(cc2CN1)OC(c1ccc(OCc2ccc(Cl)c(Cl)c2)cc1)CO3.Cl. The second kappa shape index (κ2) is 17.1. The number of hydrogen-bond donors (Lipinski definition) is 2. The lowest BCUT2D eigenvalue weighted by Crippen LogP contribution is -2.53. The molecule has 1 amide bonds. The smallest absolute Gasteiger partial charge is 0.328 e. The number of hydrogen-bond acceptors (Lipinski definition) is 7. The van der Waals surface area contributed by atoms with Crippen LogP contribution in [-0.4, -0.2) is 37.7 Å². The van der Waals surface area contributed by atoms with Gasteiger partial charge >= 0.3 is 5.97 Å². The Hall–Kier alpha value is -4.44. The van der Waals surface area contributed by atoms with Crippen LogP contribution in [0.2, 0.25) is 15.1 Å². The average molecular weight is 795 g/mol. The molecule has 274 valence electrons. The van der Waals surface area contributed by atoms with Crippen LogP contribution in [0.15, 0.2) is 103 Å². The highest BCUT2D eigenvalue weighted by Gasteiger charge is 2.31. The highest BCUT2D eigenvalue weighted by atomic mass is 35.5. The van der Waals surface area contributed by atoms with Crippen LogP contribution in [0, 0.1) is 0 Å². The number of carbonyl (C=O) groups is 2. The van der Waals surface area contributed by atoms with Crippen molar-refractivity contribution in [2.45, 2.75) is 44.2 Å². The number of nitrogens with one attached hydrogen (secondary N) is 2. The second-order valence-corrected chi connectivity index (χ2v) is 14.0. The molecule has 0 fully saturated rings. The Kier molecular flexibility index (Phi) is 12.4. The number of rotatable bonds is 10. The fourth-order valence-electron chi connectivity index (χ4n) is 6.33. The van der Waals surface area contributed by atoms with Gasteiger partial charge in [0.25, 0.3) is 0 Å². The number of amides is 1.